The first-order chi connectivity index (χ1) is 8.88. The second-order valence-corrected chi connectivity index (χ2v) is 5.15. The number of hydrogen-bond acceptors (Lipinski definition) is 4. The van der Waals surface area contributed by atoms with Crippen LogP contribution in [0, 0.1) is 5.41 Å². The monoisotopic (exact) mass is 267 g/mol. The molecule has 0 amide bonds. The van der Waals surface area contributed by atoms with Gasteiger partial charge in [0.1, 0.15) is 11.5 Å². The molecule has 0 atom stereocenters. The molecule has 0 aromatic heterocycles. The molecule has 0 spiro atoms. The highest BCUT2D eigenvalue weighted by Crippen LogP contribution is 2.30. The Morgan fingerprint density at radius 2 is 2.00 bits per heavy atom. The van der Waals surface area contributed by atoms with Crippen LogP contribution in [0.2, 0.25) is 0 Å². The van der Waals surface area contributed by atoms with Crippen LogP contribution in [0.1, 0.15) is 20.3 Å². The van der Waals surface area contributed by atoms with Gasteiger partial charge in [-0.15, -0.1) is 0 Å². The molecule has 0 aliphatic heterocycles. The molecule has 1 rings (SSSR count). The molecule has 106 valence electrons. The Morgan fingerprint density at radius 1 is 1.32 bits per heavy atom. The van der Waals surface area contributed by atoms with Gasteiger partial charge >= 0.3 is 5.97 Å². The van der Waals surface area contributed by atoms with Crippen LogP contribution in [0.25, 0.3) is 0 Å². The number of carboxylic acid groups (broad SMARTS) is 1. The average molecular weight is 267 g/mol. The number of nitrogens with one attached hydrogen (secondary N) is 1. The fraction of sp³-hybridized carbons (Fsp3) is 0.500. The van der Waals surface area contributed by atoms with Crippen LogP contribution in [0.4, 0.5) is 5.69 Å². The normalized spacial score (nSPS) is 10.9. The molecule has 5 heteroatoms. The average Bonchev–Trinajstić information content (AvgIpc) is 2.34. The van der Waals surface area contributed by atoms with E-state index in [-0.39, 0.29) is 11.8 Å². The lowest BCUT2D eigenvalue weighted by Gasteiger charge is -2.24. The summed E-state index contributed by atoms with van der Waals surface area (Å²) in [5, 5.41) is 12.1. The van der Waals surface area contributed by atoms with Gasteiger partial charge in [-0.2, -0.15) is 0 Å². The number of ether oxygens (including phenoxy) is 2. The van der Waals surface area contributed by atoms with Crippen molar-refractivity contribution in [1.29, 1.82) is 0 Å². The summed E-state index contributed by atoms with van der Waals surface area (Å²) in [5.41, 5.74) is 0.445. The summed E-state index contributed by atoms with van der Waals surface area (Å²) in [6, 6.07) is 5.45. The van der Waals surface area contributed by atoms with Crippen molar-refractivity contribution in [3.63, 3.8) is 0 Å². The molecule has 0 unspecified atom stereocenters. The third-order valence-corrected chi connectivity index (χ3v) is 2.79. The van der Waals surface area contributed by atoms with Crippen molar-refractivity contribution in [3.8, 4) is 11.5 Å². The Labute approximate surface area is 113 Å². The van der Waals surface area contributed by atoms with Gasteiger partial charge in [0.25, 0.3) is 0 Å². The molecule has 0 saturated carbocycles. The lowest BCUT2D eigenvalue weighted by molar-refractivity contribution is -0.139. The fourth-order valence-electron chi connectivity index (χ4n) is 1.76. The van der Waals surface area contributed by atoms with Gasteiger partial charge < -0.3 is 19.9 Å². The van der Waals surface area contributed by atoms with Crippen molar-refractivity contribution in [2.75, 3.05) is 26.1 Å². The van der Waals surface area contributed by atoms with Gasteiger partial charge in [0.2, 0.25) is 0 Å². The molecule has 0 saturated heterocycles. The zero-order valence-electron chi connectivity index (χ0n) is 11.8. The summed E-state index contributed by atoms with van der Waals surface area (Å²) in [7, 11) is 3.19. The van der Waals surface area contributed by atoms with Gasteiger partial charge in [-0.25, -0.2) is 0 Å². The quantitative estimate of drug-likeness (QED) is 0.795. The second kappa shape index (κ2) is 6.31. The van der Waals surface area contributed by atoms with E-state index in [9.17, 15) is 4.79 Å². The van der Waals surface area contributed by atoms with Gasteiger partial charge in [0, 0.05) is 12.6 Å². The third kappa shape index (κ3) is 4.69. The van der Waals surface area contributed by atoms with Crippen molar-refractivity contribution >= 4 is 11.7 Å². The zero-order chi connectivity index (χ0) is 14.5. The summed E-state index contributed by atoms with van der Waals surface area (Å²) in [4.78, 5) is 10.8. The van der Waals surface area contributed by atoms with E-state index in [2.05, 4.69) is 5.32 Å². The number of benzene rings is 1. The molecule has 1 aromatic rings. The molecule has 2 N–H and O–H groups in total. The van der Waals surface area contributed by atoms with E-state index in [0.717, 1.165) is 11.4 Å². The number of methoxy groups -OCH3 is 2. The van der Waals surface area contributed by atoms with E-state index < -0.39 is 5.97 Å². The first-order valence-corrected chi connectivity index (χ1v) is 6.05. The molecule has 0 bridgehead atoms. The fourth-order valence-corrected chi connectivity index (χ4v) is 1.76. The van der Waals surface area contributed by atoms with Crippen molar-refractivity contribution in [2.45, 2.75) is 20.3 Å². The van der Waals surface area contributed by atoms with Gasteiger partial charge in [-0.05, 0) is 17.5 Å². The molecular weight excluding hydrogens is 246 g/mol. The highest BCUT2D eigenvalue weighted by atomic mass is 16.5. The largest absolute Gasteiger partial charge is 0.497 e. The molecule has 0 fully saturated rings. The van der Waals surface area contributed by atoms with Crippen molar-refractivity contribution < 1.29 is 19.4 Å². The maximum Gasteiger partial charge on any atom is 0.303 e. The number of hydrogen-bond donors (Lipinski definition) is 2. The van der Waals surface area contributed by atoms with E-state index in [4.69, 9.17) is 14.6 Å². The lowest BCUT2D eigenvalue weighted by atomic mass is 9.89. The third-order valence-electron chi connectivity index (χ3n) is 2.79. The molecule has 19 heavy (non-hydrogen) atoms. The summed E-state index contributed by atoms with van der Waals surface area (Å²) in [5.74, 6) is 0.621. The molecule has 0 radical (unpaired) electrons. The summed E-state index contributed by atoms with van der Waals surface area (Å²) >= 11 is 0. The first kappa shape index (κ1) is 15.1. The van der Waals surface area contributed by atoms with Crippen LogP contribution in [0.5, 0.6) is 11.5 Å². The summed E-state index contributed by atoms with van der Waals surface area (Å²) in [6.45, 7) is 4.34. The van der Waals surface area contributed by atoms with Gasteiger partial charge in [-0.1, -0.05) is 13.8 Å². The molecule has 1 aromatic carbocycles. The van der Waals surface area contributed by atoms with Crippen molar-refractivity contribution in [1.82, 2.24) is 0 Å². The maximum absolute atomic E-state index is 10.8. The maximum atomic E-state index is 10.8. The first-order valence-electron chi connectivity index (χ1n) is 6.05. The SMILES string of the molecule is COc1ccc(OC)c(NCC(C)(C)CC(=O)O)c1. The minimum Gasteiger partial charge on any atom is -0.497 e. The molecule has 0 aliphatic carbocycles. The number of anilines is 1. The lowest BCUT2D eigenvalue weighted by Crippen LogP contribution is -2.26. The second-order valence-electron chi connectivity index (χ2n) is 5.15. The Kier molecular flexibility index (Phi) is 5.03. The number of carboxylic acids is 1. The van der Waals surface area contributed by atoms with Crippen LogP contribution in [0.15, 0.2) is 18.2 Å². The molecule has 0 aliphatic rings. The molecule has 0 heterocycles. The van der Waals surface area contributed by atoms with E-state index in [1.807, 2.05) is 32.0 Å². The predicted molar refractivity (Wildman–Crippen MR) is 74.1 cm³/mol. The minimum absolute atomic E-state index is 0.103. The van der Waals surface area contributed by atoms with Crippen LogP contribution < -0.4 is 14.8 Å². The van der Waals surface area contributed by atoms with Crippen LogP contribution in [0.3, 0.4) is 0 Å². The highest BCUT2D eigenvalue weighted by Gasteiger charge is 2.22. The van der Waals surface area contributed by atoms with Crippen molar-refractivity contribution in [3.05, 3.63) is 18.2 Å². The molecular formula is C14H21NO4. The highest BCUT2D eigenvalue weighted by molar-refractivity contribution is 5.68. The Bertz CT molecular complexity index is 443. The van der Waals surface area contributed by atoms with Gasteiger partial charge in [-0.3, -0.25) is 4.79 Å². The smallest absolute Gasteiger partial charge is 0.303 e. The number of rotatable bonds is 7. The topological polar surface area (TPSA) is 67.8 Å². The van der Waals surface area contributed by atoms with Gasteiger partial charge in [0.05, 0.1) is 26.3 Å². The Hall–Kier alpha value is -1.91. The van der Waals surface area contributed by atoms with E-state index in [1.165, 1.54) is 0 Å². The summed E-state index contributed by atoms with van der Waals surface area (Å²) < 4.78 is 10.4. The van der Waals surface area contributed by atoms with Gasteiger partial charge in [0.15, 0.2) is 0 Å². The number of carbonyl (C=O) groups is 1. The standard InChI is InChI=1S/C14H21NO4/c1-14(2,8-13(16)17)9-15-11-7-10(18-3)5-6-12(11)19-4/h5-7,15H,8-9H2,1-4H3,(H,16,17). The Balaban J connectivity index is 2.78. The molecule has 5 nitrogen and oxygen atoms in total. The van der Waals surface area contributed by atoms with Crippen LogP contribution in [-0.4, -0.2) is 31.8 Å². The summed E-state index contributed by atoms with van der Waals surface area (Å²) in [6.07, 6.45) is 0.103. The van der Waals surface area contributed by atoms with E-state index in [0.29, 0.717) is 12.3 Å². The van der Waals surface area contributed by atoms with Crippen molar-refractivity contribution in [2.24, 2.45) is 5.41 Å². The van der Waals surface area contributed by atoms with Crippen LogP contribution in [-0.2, 0) is 4.79 Å². The van der Waals surface area contributed by atoms with E-state index in [1.54, 1.807) is 14.2 Å². The minimum atomic E-state index is -0.801. The van der Waals surface area contributed by atoms with E-state index >= 15 is 0 Å². The van der Waals surface area contributed by atoms with Crippen LogP contribution >= 0.6 is 0 Å². The predicted octanol–water partition coefficient (Wildman–Crippen LogP) is 2.62. The zero-order valence-corrected chi connectivity index (χ0v) is 11.8. The Morgan fingerprint density at radius 3 is 2.53 bits per heavy atom. The number of aliphatic carboxylic acids is 1.